The van der Waals surface area contributed by atoms with Crippen molar-refractivity contribution in [2.75, 3.05) is 6.26 Å². The summed E-state index contributed by atoms with van der Waals surface area (Å²) in [4.78, 5) is 33.6. The monoisotopic (exact) mass is 629 g/mol. The van der Waals surface area contributed by atoms with Gasteiger partial charge in [-0.2, -0.15) is 5.26 Å². The smallest absolute Gasteiger partial charge is 0.338 e. The highest BCUT2D eigenvalue weighted by Crippen LogP contribution is 2.32. The lowest BCUT2D eigenvalue weighted by molar-refractivity contribution is -0.143. The van der Waals surface area contributed by atoms with Crippen molar-refractivity contribution in [3.05, 3.63) is 125 Å². The Morgan fingerprint density at radius 2 is 1.88 bits per heavy atom. The van der Waals surface area contributed by atoms with Crippen LogP contribution in [0, 0.1) is 11.3 Å². The van der Waals surface area contributed by atoms with Crippen LogP contribution >= 0.6 is 34.7 Å². The Balaban J connectivity index is 1.59. The average Bonchev–Trinajstić information content (AvgIpc) is 3.29. The first-order valence-corrected chi connectivity index (χ1v) is 15.9. The minimum Gasteiger partial charge on any atom is -0.488 e. The number of rotatable bonds is 8. The number of benzene rings is 3. The molecular formula is C33H28ClN3O4S2. The van der Waals surface area contributed by atoms with Gasteiger partial charge in [0.25, 0.3) is 5.56 Å². The van der Waals surface area contributed by atoms with Gasteiger partial charge in [-0.25, -0.2) is 9.79 Å². The largest absolute Gasteiger partial charge is 0.488 e. The summed E-state index contributed by atoms with van der Waals surface area (Å²) in [5.74, 6) is 0.0407. The molecule has 2 heterocycles. The van der Waals surface area contributed by atoms with Gasteiger partial charge in [-0.3, -0.25) is 9.36 Å². The highest BCUT2D eigenvalue weighted by Gasteiger charge is 2.33. The maximum atomic E-state index is 14.1. The Bertz CT molecular complexity index is 1940. The van der Waals surface area contributed by atoms with Gasteiger partial charge in [-0.15, -0.1) is 11.8 Å². The normalized spacial score (nSPS) is 14.7. The molecule has 43 heavy (non-hydrogen) atoms. The molecule has 0 amide bonds. The molecule has 0 saturated carbocycles. The van der Waals surface area contributed by atoms with Crippen LogP contribution in [0.4, 0.5) is 0 Å². The lowest BCUT2D eigenvalue weighted by Gasteiger charge is -2.25. The first-order valence-electron chi connectivity index (χ1n) is 13.5. The number of carbonyl (C=O) groups is 1. The molecule has 218 valence electrons. The number of aromatic nitrogens is 1. The van der Waals surface area contributed by atoms with Gasteiger partial charge in [-0.05, 0) is 86.7 Å². The highest BCUT2D eigenvalue weighted by atomic mass is 35.5. The van der Waals surface area contributed by atoms with Gasteiger partial charge in [0.1, 0.15) is 12.4 Å². The molecule has 0 N–H and O–H groups in total. The summed E-state index contributed by atoms with van der Waals surface area (Å²) in [6, 6.07) is 21.6. The summed E-state index contributed by atoms with van der Waals surface area (Å²) in [6.07, 6.45) is 3.40. The second-order valence-electron chi connectivity index (χ2n) is 10.1. The lowest BCUT2D eigenvalue weighted by Crippen LogP contribution is -2.40. The van der Waals surface area contributed by atoms with E-state index in [9.17, 15) is 9.59 Å². The van der Waals surface area contributed by atoms with Crippen molar-refractivity contribution < 1.29 is 14.3 Å². The number of thiazole rings is 1. The second kappa shape index (κ2) is 13.0. The van der Waals surface area contributed by atoms with Gasteiger partial charge in [-0.1, -0.05) is 47.2 Å². The molecule has 0 spiro atoms. The first kappa shape index (κ1) is 30.4. The van der Waals surface area contributed by atoms with Gasteiger partial charge < -0.3 is 9.47 Å². The zero-order valence-electron chi connectivity index (χ0n) is 24.0. The zero-order valence-corrected chi connectivity index (χ0v) is 26.3. The van der Waals surface area contributed by atoms with Crippen LogP contribution in [0.15, 0.2) is 92.7 Å². The molecule has 0 fully saturated rings. The van der Waals surface area contributed by atoms with Crippen LogP contribution in [0.25, 0.3) is 6.08 Å². The molecular weight excluding hydrogens is 602 g/mol. The Morgan fingerprint density at radius 3 is 2.53 bits per heavy atom. The summed E-state index contributed by atoms with van der Waals surface area (Å²) in [7, 11) is 0. The SMILES string of the molecule is CSc1ccc([C@@H]2C(C(=O)OC(C)C)=C(C)N=c3s/c(=C\c4cc(Cl)ccc4OCc4ccc(C#N)cc4)c(=O)n32)cc1. The van der Waals surface area contributed by atoms with Crippen molar-refractivity contribution >= 4 is 46.7 Å². The van der Waals surface area contributed by atoms with Crippen molar-refractivity contribution in [3.8, 4) is 11.8 Å². The third-order valence-corrected chi connectivity index (χ3v) is 8.71. The van der Waals surface area contributed by atoms with Gasteiger partial charge >= 0.3 is 5.97 Å². The number of halogens is 1. The van der Waals surface area contributed by atoms with Gasteiger partial charge in [0.05, 0.1) is 39.6 Å². The Hall–Kier alpha value is -4.10. The molecule has 0 radical (unpaired) electrons. The predicted molar refractivity (Wildman–Crippen MR) is 170 cm³/mol. The standard InChI is InChI=1S/C33H28ClN3O4S2/c1-19(2)41-32(39)29-20(3)36-33-37(30(29)23-9-12-26(42-4)13-10-23)31(38)28(43-33)16-24-15-25(34)11-14-27(24)40-18-22-7-5-21(17-35)6-8-22/h5-16,19,30H,18H2,1-4H3/b28-16-/t30-/m1/s1. The van der Waals surface area contributed by atoms with E-state index in [1.54, 1.807) is 73.5 Å². The Labute approximate surface area is 262 Å². The molecule has 1 aliphatic heterocycles. The van der Waals surface area contributed by atoms with Crippen molar-refractivity contribution in [2.24, 2.45) is 4.99 Å². The topological polar surface area (TPSA) is 93.7 Å². The molecule has 3 aromatic carbocycles. The van der Waals surface area contributed by atoms with E-state index in [1.165, 1.54) is 11.3 Å². The molecule has 1 atom stereocenters. The molecule has 4 aromatic rings. The summed E-state index contributed by atoms with van der Waals surface area (Å²) >= 11 is 9.20. The van der Waals surface area contributed by atoms with E-state index < -0.39 is 12.0 Å². The van der Waals surface area contributed by atoms with Crippen molar-refractivity contribution in [1.29, 1.82) is 5.26 Å². The number of hydrogen-bond donors (Lipinski definition) is 0. The molecule has 0 aliphatic carbocycles. The number of hydrogen-bond acceptors (Lipinski definition) is 8. The van der Waals surface area contributed by atoms with Gasteiger partial charge in [0.15, 0.2) is 4.80 Å². The number of allylic oxidation sites excluding steroid dienone is 1. The average molecular weight is 630 g/mol. The van der Waals surface area contributed by atoms with Crippen LogP contribution in [-0.4, -0.2) is 22.9 Å². The van der Waals surface area contributed by atoms with Gasteiger partial charge in [0.2, 0.25) is 0 Å². The van der Waals surface area contributed by atoms with E-state index >= 15 is 0 Å². The van der Waals surface area contributed by atoms with E-state index in [4.69, 9.17) is 26.3 Å². The number of thioether (sulfide) groups is 1. The highest BCUT2D eigenvalue weighted by molar-refractivity contribution is 7.98. The maximum absolute atomic E-state index is 14.1. The molecule has 1 aromatic heterocycles. The first-order chi connectivity index (χ1) is 20.7. The molecule has 0 saturated heterocycles. The van der Waals surface area contributed by atoms with Crippen LogP contribution < -0.4 is 19.6 Å². The fourth-order valence-corrected chi connectivity index (χ4v) is 6.33. The molecule has 0 unspecified atom stereocenters. The Kier molecular flexibility index (Phi) is 9.21. The molecule has 0 bridgehead atoms. The minimum atomic E-state index is -0.702. The Morgan fingerprint density at radius 1 is 1.16 bits per heavy atom. The van der Waals surface area contributed by atoms with Gasteiger partial charge in [0, 0.05) is 15.5 Å². The third kappa shape index (κ3) is 6.62. The maximum Gasteiger partial charge on any atom is 0.338 e. The van der Waals surface area contributed by atoms with E-state index in [1.807, 2.05) is 42.7 Å². The predicted octanol–water partition coefficient (Wildman–Crippen LogP) is 6.01. The number of esters is 1. The summed E-state index contributed by atoms with van der Waals surface area (Å²) < 4.78 is 13.7. The van der Waals surface area contributed by atoms with Crippen molar-refractivity contribution in [3.63, 3.8) is 0 Å². The quantitative estimate of drug-likeness (QED) is 0.175. The fraction of sp³-hybridized carbons (Fsp3) is 0.212. The van der Waals surface area contributed by atoms with E-state index in [-0.39, 0.29) is 18.3 Å². The fourth-order valence-electron chi connectivity index (χ4n) is 4.70. The zero-order chi connectivity index (χ0) is 30.7. The lowest BCUT2D eigenvalue weighted by atomic mass is 9.96. The van der Waals surface area contributed by atoms with E-state index in [0.717, 1.165) is 16.0 Å². The van der Waals surface area contributed by atoms with E-state index in [0.29, 0.717) is 42.5 Å². The number of carbonyl (C=O) groups excluding carboxylic acids is 1. The van der Waals surface area contributed by atoms with Crippen molar-refractivity contribution in [1.82, 2.24) is 4.57 Å². The molecule has 5 rings (SSSR count). The summed E-state index contributed by atoms with van der Waals surface area (Å²) in [5.41, 5.74) is 3.42. The van der Waals surface area contributed by atoms with Crippen LogP contribution in [0.1, 0.15) is 49.1 Å². The van der Waals surface area contributed by atoms with Crippen molar-refractivity contribution in [2.45, 2.75) is 44.4 Å². The summed E-state index contributed by atoms with van der Waals surface area (Å²) in [6.45, 7) is 5.61. The minimum absolute atomic E-state index is 0.266. The number of fused-ring (bicyclic) bond motifs is 1. The van der Waals surface area contributed by atoms with Crippen LogP contribution in [-0.2, 0) is 16.1 Å². The third-order valence-electron chi connectivity index (χ3n) is 6.75. The number of nitriles is 1. The second-order valence-corrected chi connectivity index (χ2v) is 12.4. The summed E-state index contributed by atoms with van der Waals surface area (Å²) in [5, 5.41) is 9.55. The van der Waals surface area contributed by atoms with Crippen LogP contribution in [0.2, 0.25) is 5.02 Å². The number of ether oxygens (including phenoxy) is 2. The molecule has 1 aliphatic rings. The van der Waals surface area contributed by atoms with Crippen LogP contribution in [0.5, 0.6) is 5.75 Å². The van der Waals surface area contributed by atoms with E-state index in [2.05, 4.69) is 11.1 Å². The molecule has 7 nitrogen and oxygen atoms in total. The molecule has 10 heteroatoms. The van der Waals surface area contributed by atoms with Crippen LogP contribution in [0.3, 0.4) is 0 Å². The number of nitrogens with zero attached hydrogens (tertiary/aromatic N) is 3.